The Morgan fingerprint density at radius 1 is 1.41 bits per heavy atom. The maximum Gasteiger partial charge on any atom is 0.316 e. The van der Waals surface area contributed by atoms with Gasteiger partial charge in [-0.3, -0.25) is 0 Å². The second kappa shape index (κ2) is 7.34. The van der Waals surface area contributed by atoms with Gasteiger partial charge in [0.25, 0.3) is 0 Å². The van der Waals surface area contributed by atoms with Crippen LogP contribution in [-0.2, 0) is 0 Å². The van der Waals surface area contributed by atoms with E-state index in [4.69, 9.17) is 6.42 Å². The first-order chi connectivity index (χ1) is 8.27. The number of urea groups is 1. The van der Waals surface area contributed by atoms with Gasteiger partial charge in [-0.25, -0.2) is 4.79 Å². The molecule has 17 heavy (non-hydrogen) atoms. The number of hydrogen-bond acceptors (Lipinski definition) is 1. The summed E-state index contributed by atoms with van der Waals surface area (Å²) in [6.45, 7) is 2.34. The van der Waals surface area contributed by atoms with Crippen LogP contribution in [0.3, 0.4) is 0 Å². The maximum atomic E-state index is 11.5. The minimum Gasteiger partial charge on any atom is -0.331 e. The number of amides is 2. The molecule has 0 saturated heterocycles. The number of carbonyl (C=O) groups excluding carboxylic acids is 1. The molecule has 0 aromatic heterocycles. The number of hydrogen-bond donors (Lipinski definition) is 2. The van der Waals surface area contributed by atoms with Gasteiger partial charge in [0, 0.05) is 0 Å². The molecule has 90 valence electrons. The zero-order valence-electron chi connectivity index (χ0n) is 10.1. The highest BCUT2D eigenvalue weighted by molar-refractivity contribution is 5.74. The second-order valence-corrected chi connectivity index (χ2v) is 3.78. The number of carbonyl (C=O) groups is 1. The van der Waals surface area contributed by atoms with Gasteiger partial charge in [0.15, 0.2) is 0 Å². The molecule has 0 heterocycles. The minimum absolute atomic E-state index is 0.0407. The summed E-state index contributed by atoms with van der Waals surface area (Å²) in [6, 6.07) is 9.76. The summed E-state index contributed by atoms with van der Waals surface area (Å²) in [5.41, 5.74) is 1.12. The summed E-state index contributed by atoms with van der Waals surface area (Å²) in [5.74, 6) is 2.37. The van der Waals surface area contributed by atoms with Crippen LogP contribution in [-0.4, -0.2) is 12.6 Å². The van der Waals surface area contributed by atoms with E-state index in [1.165, 1.54) is 0 Å². The Bertz CT molecular complexity index is 381. The highest BCUT2D eigenvalue weighted by atomic mass is 16.2. The van der Waals surface area contributed by atoms with E-state index in [2.05, 4.69) is 23.5 Å². The molecule has 0 aliphatic heterocycles. The molecule has 0 aliphatic carbocycles. The average Bonchev–Trinajstić information content (AvgIpc) is 2.37. The summed E-state index contributed by atoms with van der Waals surface area (Å²) in [4.78, 5) is 11.5. The molecule has 3 nitrogen and oxygen atoms in total. The molecule has 0 spiro atoms. The molecule has 0 saturated carbocycles. The molecule has 0 bridgehead atoms. The summed E-state index contributed by atoms with van der Waals surface area (Å²) in [5, 5.41) is 5.53. The molecule has 2 N–H and O–H groups in total. The van der Waals surface area contributed by atoms with Crippen LogP contribution in [0.2, 0.25) is 0 Å². The standard InChI is InChI=1S/C14H18N2O/c1-3-8-13(12-9-6-5-7-10-12)16-14(17)15-11-4-2/h2,5-7,9-10,13H,3,8,11H2,1H3,(H2,15,16,17)/t13-/m1/s1. The smallest absolute Gasteiger partial charge is 0.316 e. The van der Waals surface area contributed by atoms with E-state index in [1.807, 2.05) is 30.3 Å². The normalized spacial score (nSPS) is 11.3. The Labute approximate surface area is 103 Å². The van der Waals surface area contributed by atoms with E-state index < -0.39 is 0 Å². The van der Waals surface area contributed by atoms with Crippen LogP contribution in [0.25, 0.3) is 0 Å². The van der Waals surface area contributed by atoms with Crippen molar-refractivity contribution in [2.45, 2.75) is 25.8 Å². The Morgan fingerprint density at radius 2 is 2.12 bits per heavy atom. The molecule has 0 aliphatic rings. The molecule has 1 aromatic rings. The van der Waals surface area contributed by atoms with Crippen molar-refractivity contribution in [3.63, 3.8) is 0 Å². The van der Waals surface area contributed by atoms with Gasteiger partial charge in [0.1, 0.15) is 0 Å². The lowest BCUT2D eigenvalue weighted by Crippen LogP contribution is -2.38. The van der Waals surface area contributed by atoms with Crippen LogP contribution in [0.5, 0.6) is 0 Å². The molecule has 0 fully saturated rings. The lowest BCUT2D eigenvalue weighted by atomic mass is 10.0. The van der Waals surface area contributed by atoms with Crippen molar-refractivity contribution in [2.24, 2.45) is 0 Å². The summed E-state index contributed by atoms with van der Waals surface area (Å²) in [6.07, 6.45) is 7.00. The zero-order valence-corrected chi connectivity index (χ0v) is 10.1. The highest BCUT2D eigenvalue weighted by Crippen LogP contribution is 2.17. The number of terminal acetylenes is 1. The molecule has 1 atom stereocenters. The molecule has 1 aromatic carbocycles. The van der Waals surface area contributed by atoms with E-state index in [9.17, 15) is 4.79 Å². The number of nitrogens with one attached hydrogen (secondary N) is 2. The van der Waals surface area contributed by atoms with Crippen molar-refractivity contribution in [3.8, 4) is 12.3 Å². The topological polar surface area (TPSA) is 41.1 Å². The van der Waals surface area contributed by atoms with Gasteiger partial charge in [0.2, 0.25) is 0 Å². The number of rotatable bonds is 5. The van der Waals surface area contributed by atoms with Crippen molar-refractivity contribution in [1.82, 2.24) is 10.6 Å². The van der Waals surface area contributed by atoms with Crippen molar-refractivity contribution in [1.29, 1.82) is 0 Å². The van der Waals surface area contributed by atoms with Gasteiger partial charge in [-0.1, -0.05) is 49.6 Å². The van der Waals surface area contributed by atoms with Crippen molar-refractivity contribution < 1.29 is 4.79 Å². The molecule has 3 heteroatoms. The van der Waals surface area contributed by atoms with Crippen molar-refractivity contribution in [3.05, 3.63) is 35.9 Å². The van der Waals surface area contributed by atoms with E-state index in [-0.39, 0.29) is 18.6 Å². The third-order valence-electron chi connectivity index (χ3n) is 2.44. The maximum absolute atomic E-state index is 11.5. The fourth-order valence-corrected chi connectivity index (χ4v) is 1.64. The third kappa shape index (κ3) is 4.60. The van der Waals surface area contributed by atoms with Crippen molar-refractivity contribution in [2.75, 3.05) is 6.54 Å². The quantitative estimate of drug-likeness (QED) is 0.750. The first kappa shape index (κ1) is 13.1. The summed E-state index contributed by atoms with van der Waals surface area (Å²) < 4.78 is 0. The zero-order chi connectivity index (χ0) is 12.5. The predicted molar refractivity (Wildman–Crippen MR) is 69.5 cm³/mol. The van der Waals surface area contributed by atoms with Crippen LogP contribution in [0.4, 0.5) is 4.79 Å². The summed E-state index contributed by atoms with van der Waals surface area (Å²) in [7, 11) is 0. The lowest BCUT2D eigenvalue weighted by Gasteiger charge is -2.18. The lowest BCUT2D eigenvalue weighted by molar-refractivity contribution is 0.237. The fraction of sp³-hybridized carbons (Fsp3) is 0.357. The van der Waals surface area contributed by atoms with Gasteiger partial charge in [-0.2, -0.15) is 0 Å². The van der Waals surface area contributed by atoms with Crippen LogP contribution < -0.4 is 10.6 Å². The van der Waals surface area contributed by atoms with Gasteiger partial charge in [-0.05, 0) is 12.0 Å². The number of benzene rings is 1. The SMILES string of the molecule is C#CCNC(=O)N[C@H](CCC)c1ccccc1. The Kier molecular flexibility index (Phi) is 5.67. The fourth-order valence-electron chi connectivity index (χ4n) is 1.64. The van der Waals surface area contributed by atoms with Gasteiger partial charge in [-0.15, -0.1) is 6.42 Å². The van der Waals surface area contributed by atoms with Crippen LogP contribution in [0.15, 0.2) is 30.3 Å². The summed E-state index contributed by atoms with van der Waals surface area (Å²) >= 11 is 0. The molecule has 0 radical (unpaired) electrons. The van der Waals surface area contributed by atoms with Gasteiger partial charge in [0.05, 0.1) is 12.6 Å². The Morgan fingerprint density at radius 3 is 2.71 bits per heavy atom. The molecular weight excluding hydrogens is 212 g/mol. The predicted octanol–water partition coefficient (Wildman–Crippen LogP) is 2.46. The largest absolute Gasteiger partial charge is 0.331 e. The molecule has 0 unspecified atom stereocenters. The van der Waals surface area contributed by atoms with Gasteiger partial charge >= 0.3 is 6.03 Å². The monoisotopic (exact) mass is 230 g/mol. The first-order valence-corrected chi connectivity index (χ1v) is 5.80. The van der Waals surface area contributed by atoms with Gasteiger partial charge < -0.3 is 10.6 Å². The van der Waals surface area contributed by atoms with Crippen LogP contribution in [0, 0.1) is 12.3 Å². The third-order valence-corrected chi connectivity index (χ3v) is 2.44. The first-order valence-electron chi connectivity index (χ1n) is 5.80. The Hall–Kier alpha value is -1.95. The molecule has 2 amide bonds. The van der Waals surface area contributed by atoms with E-state index >= 15 is 0 Å². The minimum atomic E-state index is -0.217. The van der Waals surface area contributed by atoms with E-state index in [0.717, 1.165) is 18.4 Å². The second-order valence-electron chi connectivity index (χ2n) is 3.78. The van der Waals surface area contributed by atoms with E-state index in [0.29, 0.717) is 0 Å². The van der Waals surface area contributed by atoms with E-state index in [1.54, 1.807) is 0 Å². The highest BCUT2D eigenvalue weighted by Gasteiger charge is 2.12. The van der Waals surface area contributed by atoms with Crippen LogP contribution >= 0.6 is 0 Å². The average molecular weight is 230 g/mol. The van der Waals surface area contributed by atoms with Crippen molar-refractivity contribution >= 4 is 6.03 Å². The molecular formula is C14H18N2O. The van der Waals surface area contributed by atoms with Crippen LogP contribution in [0.1, 0.15) is 31.4 Å². The molecule has 1 rings (SSSR count). The Balaban J connectivity index is 2.61.